The molecule has 0 aliphatic carbocycles. The van der Waals surface area contributed by atoms with Crippen molar-refractivity contribution in [1.29, 1.82) is 0 Å². The zero-order chi connectivity index (χ0) is 27.7. The molecule has 0 bridgehead atoms. The van der Waals surface area contributed by atoms with Crippen molar-refractivity contribution in [3.05, 3.63) is 0 Å². The van der Waals surface area contributed by atoms with Crippen molar-refractivity contribution in [3.8, 4) is 0 Å². The smallest absolute Gasteiger partial charge is 0.306 e. The minimum absolute atomic E-state index is 0.0781. The summed E-state index contributed by atoms with van der Waals surface area (Å²) in [5.74, 6) is -1.07. The van der Waals surface area contributed by atoms with E-state index in [9.17, 15) is 19.2 Å². The summed E-state index contributed by atoms with van der Waals surface area (Å²) in [5.41, 5.74) is 0. The number of hydrogen-bond acceptors (Lipinski definition) is 8. The second-order valence-corrected chi connectivity index (χ2v) is 10.1. The number of carbonyl (C=O) groups excluding carboxylic acids is 4. The maximum Gasteiger partial charge on any atom is 0.306 e. The maximum absolute atomic E-state index is 11.7. The first-order chi connectivity index (χ1) is 17.7. The van der Waals surface area contributed by atoms with Crippen LogP contribution in [0.1, 0.15) is 130 Å². The van der Waals surface area contributed by atoms with Crippen LogP contribution < -0.4 is 0 Å². The summed E-state index contributed by atoms with van der Waals surface area (Å²) in [5, 5.41) is 0. The van der Waals surface area contributed by atoms with Crippen LogP contribution >= 0.6 is 0 Å². The Morgan fingerprint density at radius 2 is 0.865 bits per heavy atom. The molecule has 37 heavy (non-hydrogen) atoms. The molecule has 0 aliphatic heterocycles. The molecule has 8 nitrogen and oxygen atoms in total. The number of rotatable bonds is 24. The van der Waals surface area contributed by atoms with Crippen LogP contribution in [-0.2, 0) is 38.1 Å². The van der Waals surface area contributed by atoms with Gasteiger partial charge in [-0.3, -0.25) is 19.2 Å². The Bertz CT molecular complexity index is 617. The Labute approximate surface area is 224 Å². The summed E-state index contributed by atoms with van der Waals surface area (Å²) in [6.45, 7) is 8.93. The van der Waals surface area contributed by atoms with E-state index in [1.54, 1.807) is 0 Å². The first-order valence-electron chi connectivity index (χ1n) is 14.4. The molecule has 0 saturated carbocycles. The van der Waals surface area contributed by atoms with E-state index in [1.807, 2.05) is 27.7 Å². The highest BCUT2D eigenvalue weighted by Gasteiger charge is 2.12. The van der Waals surface area contributed by atoms with Crippen LogP contribution in [0.4, 0.5) is 0 Å². The highest BCUT2D eigenvalue weighted by Crippen LogP contribution is 2.12. The van der Waals surface area contributed by atoms with Crippen LogP contribution in [0.2, 0.25) is 0 Å². The summed E-state index contributed by atoms with van der Waals surface area (Å²) in [6.07, 6.45) is 13.1. The summed E-state index contributed by atoms with van der Waals surface area (Å²) in [4.78, 5) is 46.4. The number of ether oxygens (including phenoxy) is 4. The van der Waals surface area contributed by atoms with Gasteiger partial charge in [0, 0.05) is 0 Å². The molecule has 0 spiro atoms. The van der Waals surface area contributed by atoms with Gasteiger partial charge in [0.15, 0.2) is 0 Å². The van der Waals surface area contributed by atoms with Crippen molar-refractivity contribution in [2.24, 2.45) is 5.92 Å². The van der Waals surface area contributed by atoms with Crippen LogP contribution in [0.25, 0.3) is 0 Å². The third-order valence-electron chi connectivity index (χ3n) is 5.87. The van der Waals surface area contributed by atoms with E-state index < -0.39 is 0 Å². The summed E-state index contributed by atoms with van der Waals surface area (Å²) in [6, 6.07) is 0. The van der Waals surface area contributed by atoms with Gasteiger partial charge in [-0.05, 0) is 32.1 Å². The fourth-order valence-corrected chi connectivity index (χ4v) is 3.42. The Morgan fingerprint density at radius 1 is 0.514 bits per heavy atom. The van der Waals surface area contributed by atoms with E-state index in [-0.39, 0.29) is 61.6 Å². The Kier molecular flexibility index (Phi) is 22.8. The fourth-order valence-electron chi connectivity index (χ4n) is 3.42. The topological polar surface area (TPSA) is 105 Å². The molecule has 1 atom stereocenters. The molecule has 0 saturated heterocycles. The van der Waals surface area contributed by atoms with Crippen molar-refractivity contribution < 1.29 is 38.1 Å². The van der Waals surface area contributed by atoms with Crippen LogP contribution in [0.5, 0.6) is 0 Å². The third-order valence-corrected chi connectivity index (χ3v) is 5.87. The van der Waals surface area contributed by atoms with Gasteiger partial charge in [0.05, 0.1) is 51.6 Å². The molecule has 0 fully saturated rings. The Morgan fingerprint density at radius 3 is 1.24 bits per heavy atom. The maximum atomic E-state index is 11.7. The highest BCUT2D eigenvalue weighted by atomic mass is 16.5. The molecule has 0 heterocycles. The molecule has 0 aromatic carbocycles. The van der Waals surface area contributed by atoms with Crippen molar-refractivity contribution in [1.82, 2.24) is 0 Å². The molecule has 0 aromatic heterocycles. The number of hydrogen-bond donors (Lipinski definition) is 0. The molecule has 0 N–H and O–H groups in total. The zero-order valence-electron chi connectivity index (χ0n) is 23.9. The van der Waals surface area contributed by atoms with Crippen LogP contribution in [0, 0.1) is 5.92 Å². The lowest BCUT2D eigenvalue weighted by molar-refractivity contribution is -0.153. The van der Waals surface area contributed by atoms with Gasteiger partial charge >= 0.3 is 23.9 Å². The van der Waals surface area contributed by atoms with Crippen LogP contribution in [0.15, 0.2) is 0 Å². The monoisotopic (exact) mass is 528 g/mol. The van der Waals surface area contributed by atoms with E-state index in [4.69, 9.17) is 18.9 Å². The minimum Gasteiger partial charge on any atom is -0.466 e. The Balaban J connectivity index is 3.36. The predicted octanol–water partition coefficient (Wildman–Crippen LogP) is 6.47. The molecule has 0 aromatic rings. The molecular weight excluding hydrogens is 476 g/mol. The first kappa shape index (κ1) is 34.9. The van der Waals surface area contributed by atoms with Gasteiger partial charge in [-0.15, -0.1) is 0 Å². The molecular formula is C29H52O8. The van der Waals surface area contributed by atoms with Gasteiger partial charge in [-0.1, -0.05) is 78.6 Å². The van der Waals surface area contributed by atoms with Crippen LogP contribution in [-0.4, -0.2) is 49.8 Å². The molecule has 216 valence electrons. The normalized spacial score (nSPS) is 11.7. The second-order valence-electron chi connectivity index (χ2n) is 10.1. The van der Waals surface area contributed by atoms with Gasteiger partial charge < -0.3 is 18.9 Å². The first-order valence-corrected chi connectivity index (χ1v) is 14.4. The van der Waals surface area contributed by atoms with Crippen molar-refractivity contribution >= 4 is 23.9 Å². The van der Waals surface area contributed by atoms with Crippen LogP contribution in [0.3, 0.4) is 0 Å². The van der Waals surface area contributed by atoms with Gasteiger partial charge in [0.25, 0.3) is 0 Å². The average molecular weight is 529 g/mol. The van der Waals surface area contributed by atoms with Crippen molar-refractivity contribution in [2.45, 2.75) is 137 Å². The van der Waals surface area contributed by atoms with Crippen molar-refractivity contribution in [3.63, 3.8) is 0 Å². The summed E-state index contributed by atoms with van der Waals surface area (Å²) in [7, 11) is 0. The van der Waals surface area contributed by atoms with Gasteiger partial charge in [-0.25, -0.2) is 0 Å². The number of carbonyl (C=O) groups is 4. The lowest BCUT2D eigenvalue weighted by Crippen LogP contribution is -2.15. The lowest BCUT2D eigenvalue weighted by Gasteiger charge is -2.10. The highest BCUT2D eigenvalue weighted by molar-refractivity contribution is 5.78. The second kappa shape index (κ2) is 24.2. The van der Waals surface area contributed by atoms with Gasteiger partial charge in [-0.2, -0.15) is 0 Å². The SMILES string of the molecule is CCC(C)OC(=O)CCC(=O)OCCCCCCCCCCCCCOC(=O)CCC(=O)OCC(C)C. The van der Waals surface area contributed by atoms with E-state index in [0.29, 0.717) is 19.8 Å². The van der Waals surface area contributed by atoms with Gasteiger partial charge in [0.1, 0.15) is 0 Å². The molecule has 1 unspecified atom stereocenters. The number of esters is 4. The third kappa shape index (κ3) is 25.3. The quantitative estimate of drug-likeness (QED) is 0.0798. The lowest BCUT2D eigenvalue weighted by atomic mass is 10.1. The molecule has 0 rings (SSSR count). The fraction of sp³-hybridized carbons (Fsp3) is 0.862. The summed E-state index contributed by atoms with van der Waals surface area (Å²) >= 11 is 0. The van der Waals surface area contributed by atoms with Crippen molar-refractivity contribution in [2.75, 3.05) is 19.8 Å². The molecule has 0 radical (unpaired) electrons. The standard InChI is InChI=1S/C29H52O8/c1-5-25(4)37-29(33)20-19-27(31)35-22-16-14-12-10-8-6-7-9-11-13-15-21-34-26(30)17-18-28(32)36-23-24(2)3/h24-25H,5-23H2,1-4H3. The number of unbranched alkanes of at least 4 members (excludes halogenated alkanes) is 10. The minimum atomic E-state index is -0.347. The molecule has 0 aliphatic rings. The van der Waals surface area contributed by atoms with E-state index in [2.05, 4.69) is 0 Å². The zero-order valence-corrected chi connectivity index (χ0v) is 23.9. The average Bonchev–Trinajstić information content (AvgIpc) is 2.87. The summed E-state index contributed by atoms with van der Waals surface area (Å²) < 4.78 is 20.5. The van der Waals surface area contributed by atoms with E-state index in [1.165, 1.54) is 32.1 Å². The van der Waals surface area contributed by atoms with E-state index >= 15 is 0 Å². The largest absolute Gasteiger partial charge is 0.466 e. The predicted molar refractivity (Wildman–Crippen MR) is 143 cm³/mol. The van der Waals surface area contributed by atoms with E-state index in [0.717, 1.165) is 44.9 Å². The molecule has 0 amide bonds. The Hall–Kier alpha value is -2.12. The molecule has 8 heteroatoms. The van der Waals surface area contributed by atoms with Gasteiger partial charge in [0.2, 0.25) is 0 Å².